The Bertz CT molecular complexity index is 536. The molecule has 1 aromatic carbocycles. The van der Waals surface area contributed by atoms with E-state index in [1.807, 2.05) is 24.4 Å². The molecule has 3 heteroatoms. The molecule has 2 rings (SSSR count). The summed E-state index contributed by atoms with van der Waals surface area (Å²) in [5, 5.41) is 14.3. The Morgan fingerprint density at radius 2 is 1.90 bits per heavy atom. The lowest BCUT2D eigenvalue weighted by Crippen LogP contribution is -2.36. The molecule has 0 spiro atoms. The van der Waals surface area contributed by atoms with E-state index in [0.717, 1.165) is 31.4 Å². The van der Waals surface area contributed by atoms with Gasteiger partial charge in [0.1, 0.15) is 0 Å². The smallest absolute Gasteiger partial charge is 0.0705 e. The van der Waals surface area contributed by atoms with Crippen molar-refractivity contribution in [1.82, 2.24) is 10.3 Å². The molecule has 0 saturated heterocycles. The van der Waals surface area contributed by atoms with Gasteiger partial charge >= 0.3 is 0 Å². The largest absolute Gasteiger partial charge is 0.396 e. The average Bonchev–Trinajstić information content (AvgIpc) is 2.52. The van der Waals surface area contributed by atoms with Crippen molar-refractivity contribution < 1.29 is 5.11 Å². The highest BCUT2D eigenvalue weighted by atomic mass is 16.3. The topological polar surface area (TPSA) is 45.1 Å². The first-order valence-electron chi connectivity index (χ1n) is 7.39. The van der Waals surface area contributed by atoms with Gasteiger partial charge in [-0.3, -0.25) is 4.98 Å². The summed E-state index contributed by atoms with van der Waals surface area (Å²) >= 11 is 0. The summed E-state index contributed by atoms with van der Waals surface area (Å²) in [6.07, 6.45) is 3.84. The summed E-state index contributed by atoms with van der Waals surface area (Å²) in [4.78, 5) is 4.38. The van der Waals surface area contributed by atoms with Crippen molar-refractivity contribution in [3.05, 3.63) is 42.1 Å². The van der Waals surface area contributed by atoms with Gasteiger partial charge in [0.2, 0.25) is 0 Å². The van der Waals surface area contributed by atoms with E-state index in [9.17, 15) is 5.11 Å². The Morgan fingerprint density at radius 3 is 2.60 bits per heavy atom. The zero-order chi connectivity index (χ0) is 14.4. The molecule has 0 unspecified atom stereocenters. The minimum Gasteiger partial charge on any atom is -0.396 e. The van der Waals surface area contributed by atoms with Crippen LogP contribution in [0.15, 0.2) is 36.5 Å². The van der Waals surface area contributed by atoms with Crippen molar-refractivity contribution in [2.24, 2.45) is 5.41 Å². The molecule has 3 nitrogen and oxygen atoms in total. The molecule has 108 valence electrons. The second kappa shape index (κ2) is 6.82. The Balaban J connectivity index is 2.06. The number of hydrogen-bond acceptors (Lipinski definition) is 3. The Morgan fingerprint density at radius 1 is 1.15 bits per heavy atom. The van der Waals surface area contributed by atoms with E-state index >= 15 is 0 Å². The summed E-state index contributed by atoms with van der Waals surface area (Å²) < 4.78 is 0. The maximum atomic E-state index is 9.60. The Hall–Kier alpha value is -1.45. The molecule has 1 aromatic heterocycles. The minimum atomic E-state index is 0.00281. The van der Waals surface area contributed by atoms with Gasteiger partial charge in [-0.15, -0.1) is 0 Å². The molecule has 0 amide bonds. The minimum absolute atomic E-state index is 0.00281. The molecule has 1 heterocycles. The fraction of sp³-hybridized carbons (Fsp3) is 0.471. The maximum Gasteiger partial charge on any atom is 0.0705 e. The molecular formula is C17H24N2O. The van der Waals surface area contributed by atoms with Crippen molar-refractivity contribution in [3.8, 4) is 0 Å². The number of aliphatic hydroxyl groups is 1. The second-order valence-corrected chi connectivity index (χ2v) is 5.46. The summed E-state index contributed by atoms with van der Waals surface area (Å²) in [5.74, 6) is 0. The Kier molecular flexibility index (Phi) is 5.10. The number of aromatic nitrogens is 1. The van der Waals surface area contributed by atoms with Crippen molar-refractivity contribution in [2.75, 3.05) is 13.2 Å². The van der Waals surface area contributed by atoms with E-state index in [2.05, 4.69) is 36.3 Å². The number of aliphatic hydroxyl groups excluding tert-OH is 1. The second-order valence-electron chi connectivity index (χ2n) is 5.46. The van der Waals surface area contributed by atoms with Crippen molar-refractivity contribution >= 4 is 10.9 Å². The third-order valence-corrected chi connectivity index (χ3v) is 4.39. The number of para-hydroxylation sites is 1. The zero-order valence-electron chi connectivity index (χ0n) is 12.4. The van der Waals surface area contributed by atoms with Gasteiger partial charge in [-0.1, -0.05) is 32.0 Å². The third kappa shape index (κ3) is 3.17. The van der Waals surface area contributed by atoms with E-state index in [1.54, 1.807) is 0 Å². The highest BCUT2D eigenvalue weighted by Gasteiger charge is 2.24. The van der Waals surface area contributed by atoms with Gasteiger partial charge in [-0.25, -0.2) is 0 Å². The van der Waals surface area contributed by atoms with Crippen LogP contribution in [0, 0.1) is 5.41 Å². The number of rotatable bonds is 7. The number of nitrogens with one attached hydrogen (secondary N) is 1. The molecule has 0 aliphatic heterocycles. The van der Waals surface area contributed by atoms with Crippen LogP contribution in [0.25, 0.3) is 10.9 Å². The van der Waals surface area contributed by atoms with Gasteiger partial charge in [-0.2, -0.15) is 0 Å². The van der Waals surface area contributed by atoms with Crippen LogP contribution in [0.2, 0.25) is 0 Å². The highest BCUT2D eigenvalue weighted by molar-refractivity contribution is 5.81. The molecule has 0 atom stereocenters. The summed E-state index contributed by atoms with van der Waals surface area (Å²) in [6, 6.07) is 10.3. The number of hydrogen-bond donors (Lipinski definition) is 2. The lowest BCUT2D eigenvalue weighted by molar-refractivity contribution is 0.113. The fourth-order valence-electron chi connectivity index (χ4n) is 2.55. The van der Waals surface area contributed by atoms with Crippen LogP contribution in [-0.2, 0) is 6.54 Å². The van der Waals surface area contributed by atoms with Crippen LogP contribution in [-0.4, -0.2) is 23.2 Å². The van der Waals surface area contributed by atoms with Gasteiger partial charge in [0, 0.05) is 36.7 Å². The van der Waals surface area contributed by atoms with Crippen LogP contribution in [0.4, 0.5) is 0 Å². The summed E-state index contributed by atoms with van der Waals surface area (Å²) in [6.45, 7) is 6.18. The lowest BCUT2D eigenvalue weighted by Gasteiger charge is -2.29. The molecule has 0 bridgehead atoms. The van der Waals surface area contributed by atoms with Crippen LogP contribution >= 0.6 is 0 Å². The van der Waals surface area contributed by atoms with Crippen molar-refractivity contribution in [2.45, 2.75) is 33.2 Å². The SMILES string of the molecule is CCC(CC)(CO)CNCc1ccnc2ccccc12. The quantitative estimate of drug-likeness (QED) is 0.814. The number of pyridine rings is 1. The predicted molar refractivity (Wildman–Crippen MR) is 83.6 cm³/mol. The normalized spacial score (nSPS) is 11.9. The van der Waals surface area contributed by atoms with Crippen molar-refractivity contribution in [3.63, 3.8) is 0 Å². The van der Waals surface area contributed by atoms with Crippen molar-refractivity contribution in [1.29, 1.82) is 0 Å². The van der Waals surface area contributed by atoms with Crippen LogP contribution in [0.3, 0.4) is 0 Å². The van der Waals surface area contributed by atoms with Gasteiger partial charge < -0.3 is 10.4 Å². The van der Waals surface area contributed by atoms with Gasteiger partial charge in [0.05, 0.1) is 5.52 Å². The molecule has 20 heavy (non-hydrogen) atoms. The number of fused-ring (bicyclic) bond motifs is 1. The third-order valence-electron chi connectivity index (χ3n) is 4.39. The van der Waals surface area contributed by atoms with Gasteiger partial charge in [0.25, 0.3) is 0 Å². The maximum absolute atomic E-state index is 9.60. The first-order chi connectivity index (χ1) is 9.74. The van der Waals surface area contributed by atoms with E-state index in [4.69, 9.17) is 0 Å². The molecule has 0 fully saturated rings. The van der Waals surface area contributed by atoms with Crippen LogP contribution < -0.4 is 5.32 Å². The molecule has 2 N–H and O–H groups in total. The first kappa shape index (κ1) is 14.9. The van der Waals surface area contributed by atoms with E-state index in [-0.39, 0.29) is 12.0 Å². The highest BCUT2D eigenvalue weighted by Crippen LogP contribution is 2.24. The van der Waals surface area contributed by atoms with Crippen LogP contribution in [0.5, 0.6) is 0 Å². The van der Waals surface area contributed by atoms with Crippen LogP contribution in [0.1, 0.15) is 32.3 Å². The number of nitrogens with zero attached hydrogens (tertiary/aromatic N) is 1. The Labute approximate surface area is 121 Å². The summed E-state index contributed by atoms with van der Waals surface area (Å²) in [5.41, 5.74) is 2.30. The standard InChI is InChI=1S/C17H24N2O/c1-3-17(4-2,13-20)12-18-11-14-9-10-19-16-8-6-5-7-15(14)16/h5-10,18,20H,3-4,11-13H2,1-2H3. The first-order valence-corrected chi connectivity index (χ1v) is 7.39. The van der Waals surface area contributed by atoms with E-state index in [1.165, 1.54) is 10.9 Å². The summed E-state index contributed by atoms with van der Waals surface area (Å²) in [7, 11) is 0. The van der Waals surface area contributed by atoms with E-state index in [0.29, 0.717) is 0 Å². The van der Waals surface area contributed by atoms with E-state index < -0.39 is 0 Å². The number of benzene rings is 1. The lowest BCUT2D eigenvalue weighted by atomic mass is 9.83. The molecule has 0 aliphatic carbocycles. The molecule has 0 saturated carbocycles. The molecule has 2 aromatic rings. The molecule has 0 radical (unpaired) electrons. The predicted octanol–water partition coefficient (Wildman–Crippen LogP) is 3.12. The molecule has 0 aliphatic rings. The molecular weight excluding hydrogens is 248 g/mol. The monoisotopic (exact) mass is 272 g/mol. The van der Waals surface area contributed by atoms with Gasteiger partial charge in [-0.05, 0) is 30.5 Å². The average molecular weight is 272 g/mol. The fourth-order valence-corrected chi connectivity index (χ4v) is 2.55. The zero-order valence-corrected chi connectivity index (χ0v) is 12.4. The van der Waals surface area contributed by atoms with Gasteiger partial charge in [0.15, 0.2) is 0 Å².